The molecule has 0 aromatic carbocycles. The molecule has 3 nitrogen and oxygen atoms in total. The predicted molar refractivity (Wildman–Crippen MR) is 52.3 cm³/mol. The maximum atomic E-state index is 11.4. The monoisotopic (exact) mass is 189 g/mol. The average molecular weight is 189 g/mol. The maximum absolute atomic E-state index is 11.4. The second-order valence-electron chi connectivity index (χ2n) is 3.47. The van der Waals surface area contributed by atoms with Gasteiger partial charge < -0.3 is 4.90 Å². The van der Waals surface area contributed by atoms with Gasteiger partial charge in [-0.25, -0.2) is 0 Å². The molecule has 0 N–H and O–H groups in total. The number of hydrogen-bond acceptors (Lipinski definition) is 3. The topological polar surface area (TPSA) is 37.4 Å². The molecule has 0 atom stereocenters. The van der Waals surface area contributed by atoms with E-state index in [1.165, 1.54) is 0 Å². The molecule has 1 heterocycles. The molecule has 0 bridgehead atoms. The summed E-state index contributed by atoms with van der Waals surface area (Å²) in [5.41, 5.74) is 1.13. The molecule has 0 aromatic heterocycles. The molecule has 0 radical (unpaired) electrons. The third-order valence-electron chi connectivity index (χ3n) is 2.40. The molecule has 1 aliphatic carbocycles. The largest absolute Gasteiger partial charge is 0.357 e. The van der Waals surface area contributed by atoms with Gasteiger partial charge in [-0.15, -0.1) is 0 Å². The summed E-state index contributed by atoms with van der Waals surface area (Å²) >= 11 is 0. The molecular weight excluding hydrogens is 178 g/mol. The Morgan fingerprint density at radius 1 is 1.07 bits per heavy atom. The first kappa shape index (κ1) is 8.94. The highest BCUT2D eigenvalue weighted by Gasteiger charge is 2.28. The molecule has 3 heteroatoms. The van der Waals surface area contributed by atoms with Crippen molar-refractivity contribution >= 4 is 11.6 Å². The Hall–Kier alpha value is -1.64. The fraction of sp³-hybridized carbons (Fsp3) is 0.273. The van der Waals surface area contributed by atoms with Crippen LogP contribution in [-0.2, 0) is 9.59 Å². The van der Waals surface area contributed by atoms with Gasteiger partial charge in [0.05, 0.1) is 5.57 Å². The van der Waals surface area contributed by atoms with Crippen molar-refractivity contribution < 1.29 is 9.59 Å². The summed E-state index contributed by atoms with van der Waals surface area (Å²) < 4.78 is 0. The van der Waals surface area contributed by atoms with E-state index in [-0.39, 0.29) is 11.6 Å². The number of ketones is 2. The predicted octanol–water partition coefficient (Wildman–Crippen LogP) is 1.19. The van der Waals surface area contributed by atoms with E-state index >= 15 is 0 Å². The molecule has 0 aromatic rings. The van der Waals surface area contributed by atoms with Crippen molar-refractivity contribution in [2.45, 2.75) is 12.8 Å². The molecular formula is C11H11NO2. The van der Waals surface area contributed by atoms with Crippen LogP contribution in [0, 0.1) is 0 Å². The summed E-state index contributed by atoms with van der Waals surface area (Å²) in [6.45, 7) is 0. The number of nitrogens with zero attached hydrogens (tertiary/aromatic N) is 1. The Kier molecular flexibility index (Phi) is 2.08. The Bertz CT molecular complexity index is 354. The smallest absolute Gasteiger partial charge is 0.167 e. The normalized spacial score (nSPS) is 21.4. The van der Waals surface area contributed by atoms with Gasteiger partial charge in [-0.3, -0.25) is 9.59 Å². The van der Waals surface area contributed by atoms with Crippen LogP contribution in [0.25, 0.3) is 0 Å². The zero-order chi connectivity index (χ0) is 10.1. The minimum atomic E-state index is -0.0242. The highest BCUT2D eigenvalue weighted by molar-refractivity contribution is 6.26. The highest BCUT2D eigenvalue weighted by atomic mass is 16.2. The molecule has 0 saturated heterocycles. The Morgan fingerprint density at radius 3 is 2.07 bits per heavy atom. The van der Waals surface area contributed by atoms with E-state index in [0.717, 1.165) is 5.57 Å². The molecule has 1 aliphatic heterocycles. The van der Waals surface area contributed by atoms with E-state index in [1.807, 2.05) is 24.3 Å². The number of Topliss-reactive ketones (excluding diaryl/α,β-unsaturated/α-hetero) is 2. The number of carbonyl (C=O) groups is 2. The minimum Gasteiger partial charge on any atom is -0.357 e. The van der Waals surface area contributed by atoms with Gasteiger partial charge in [0, 0.05) is 32.3 Å². The van der Waals surface area contributed by atoms with Crippen LogP contribution in [-0.4, -0.2) is 23.5 Å². The summed E-state index contributed by atoms with van der Waals surface area (Å²) in [7, 11) is 1.90. The first-order chi connectivity index (χ1) is 6.68. The second kappa shape index (κ2) is 3.25. The molecule has 0 unspecified atom stereocenters. The molecule has 72 valence electrons. The first-order valence-electron chi connectivity index (χ1n) is 4.57. The van der Waals surface area contributed by atoms with Crippen LogP contribution in [0.1, 0.15) is 12.8 Å². The fourth-order valence-corrected chi connectivity index (χ4v) is 1.62. The van der Waals surface area contributed by atoms with Crippen LogP contribution < -0.4 is 0 Å². The fourth-order valence-electron chi connectivity index (χ4n) is 1.62. The molecule has 2 aliphatic rings. The Morgan fingerprint density at radius 2 is 1.57 bits per heavy atom. The van der Waals surface area contributed by atoms with Gasteiger partial charge in [0.1, 0.15) is 0 Å². The molecule has 1 fully saturated rings. The molecule has 0 spiro atoms. The lowest BCUT2D eigenvalue weighted by molar-refractivity contribution is -0.116. The van der Waals surface area contributed by atoms with Crippen LogP contribution >= 0.6 is 0 Å². The van der Waals surface area contributed by atoms with Crippen molar-refractivity contribution in [2.75, 3.05) is 7.05 Å². The van der Waals surface area contributed by atoms with Gasteiger partial charge in [-0.05, 0) is 17.7 Å². The highest BCUT2D eigenvalue weighted by Crippen LogP contribution is 2.23. The van der Waals surface area contributed by atoms with E-state index in [9.17, 15) is 9.59 Å². The van der Waals surface area contributed by atoms with Crippen molar-refractivity contribution in [3.8, 4) is 0 Å². The molecule has 14 heavy (non-hydrogen) atoms. The summed E-state index contributed by atoms with van der Waals surface area (Å²) in [6, 6.07) is 0. The third-order valence-corrected chi connectivity index (χ3v) is 2.40. The van der Waals surface area contributed by atoms with E-state index in [2.05, 4.69) is 0 Å². The molecule has 2 rings (SSSR count). The Labute approximate surface area is 82.4 Å². The van der Waals surface area contributed by atoms with Crippen molar-refractivity contribution in [3.63, 3.8) is 0 Å². The minimum absolute atomic E-state index is 0.0242. The lowest BCUT2D eigenvalue weighted by Gasteiger charge is -2.12. The van der Waals surface area contributed by atoms with Crippen molar-refractivity contribution in [1.82, 2.24) is 4.90 Å². The molecule has 1 saturated carbocycles. The van der Waals surface area contributed by atoms with Crippen molar-refractivity contribution in [2.24, 2.45) is 0 Å². The first-order valence-corrected chi connectivity index (χ1v) is 4.57. The lowest BCUT2D eigenvalue weighted by Crippen LogP contribution is -2.08. The van der Waals surface area contributed by atoms with Gasteiger partial charge in [0.25, 0.3) is 0 Å². The number of hydrogen-bond donors (Lipinski definition) is 0. The summed E-state index contributed by atoms with van der Waals surface area (Å²) in [5, 5.41) is 0. The lowest BCUT2D eigenvalue weighted by atomic mass is 10.0. The quantitative estimate of drug-likeness (QED) is 0.424. The van der Waals surface area contributed by atoms with Crippen LogP contribution in [0.5, 0.6) is 0 Å². The third kappa shape index (κ3) is 1.41. The van der Waals surface area contributed by atoms with Crippen molar-refractivity contribution in [1.29, 1.82) is 0 Å². The van der Waals surface area contributed by atoms with E-state index in [4.69, 9.17) is 0 Å². The number of allylic oxidation sites excluding steroid dienone is 4. The van der Waals surface area contributed by atoms with Gasteiger partial charge >= 0.3 is 0 Å². The standard InChI is InChI=1S/C11H11NO2/c1-12-6-4-8(5-7-12)11-9(13)2-3-10(11)14/h4-7H,2-3H2,1H3. The van der Waals surface area contributed by atoms with Gasteiger partial charge in [-0.1, -0.05) is 0 Å². The molecule has 0 amide bonds. The summed E-state index contributed by atoms with van der Waals surface area (Å²) in [5.74, 6) is -0.0484. The second-order valence-corrected chi connectivity index (χ2v) is 3.47. The van der Waals surface area contributed by atoms with Gasteiger partial charge in [-0.2, -0.15) is 0 Å². The van der Waals surface area contributed by atoms with E-state index < -0.39 is 0 Å². The summed E-state index contributed by atoms with van der Waals surface area (Å²) in [4.78, 5) is 24.7. The number of rotatable bonds is 0. The van der Waals surface area contributed by atoms with Crippen molar-refractivity contribution in [3.05, 3.63) is 35.7 Å². The summed E-state index contributed by atoms with van der Waals surface area (Å²) in [6.07, 6.45) is 8.01. The zero-order valence-corrected chi connectivity index (χ0v) is 7.99. The van der Waals surface area contributed by atoms with E-state index in [1.54, 1.807) is 12.2 Å². The maximum Gasteiger partial charge on any atom is 0.167 e. The SMILES string of the molecule is CN1C=CC(=C2C(=O)CCC2=O)C=C1. The van der Waals surface area contributed by atoms with Crippen LogP contribution in [0.15, 0.2) is 35.7 Å². The average Bonchev–Trinajstić information content (AvgIpc) is 2.49. The van der Waals surface area contributed by atoms with Crippen LogP contribution in [0.4, 0.5) is 0 Å². The van der Waals surface area contributed by atoms with Crippen LogP contribution in [0.2, 0.25) is 0 Å². The van der Waals surface area contributed by atoms with Crippen LogP contribution in [0.3, 0.4) is 0 Å². The zero-order valence-electron chi connectivity index (χ0n) is 7.99. The van der Waals surface area contributed by atoms with Gasteiger partial charge in [0.15, 0.2) is 11.6 Å². The van der Waals surface area contributed by atoms with Gasteiger partial charge in [0.2, 0.25) is 0 Å². The number of carbonyl (C=O) groups excluding carboxylic acids is 2. The Balaban J connectivity index is 2.41. The van der Waals surface area contributed by atoms with E-state index in [0.29, 0.717) is 18.4 Å².